The summed E-state index contributed by atoms with van der Waals surface area (Å²) < 4.78 is 11.6. The van der Waals surface area contributed by atoms with E-state index in [-0.39, 0.29) is 17.1 Å². The minimum absolute atomic E-state index is 0.0669. The number of unbranched alkanes of at least 4 members (excludes halogenated alkanes) is 1. The molecule has 0 spiro atoms. The molecule has 0 saturated carbocycles. The quantitative estimate of drug-likeness (QED) is 0.438. The van der Waals surface area contributed by atoms with Gasteiger partial charge >= 0.3 is 0 Å². The Balaban J connectivity index is 1.82. The van der Waals surface area contributed by atoms with Crippen molar-refractivity contribution in [3.05, 3.63) is 76.6 Å². The van der Waals surface area contributed by atoms with E-state index in [2.05, 4.69) is 31.4 Å². The zero-order valence-corrected chi connectivity index (χ0v) is 21.9. The molecule has 0 saturated heterocycles. The monoisotopic (exact) mass is 488 g/mol. The molecule has 4 rings (SSSR count). The van der Waals surface area contributed by atoms with Crippen molar-refractivity contribution in [1.29, 1.82) is 0 Å². The summed E-state index contributed by atoms with van der Waals surface area (Å²) in [5, 5.41) is 6.45. The number of hydrogen-bond acceptors (Lipinski definition) is 5. The average Bonchev–Trinajstić information content (AvgIpc) is 2.83. The standard InChI is InChI=1S/C30H36N2O4/c1-6-7-16-36-24-14-10-8-12-20(24)27-26(29(34)32-21-13-9-11-15-25(21)35-5)19(2)31-22-17-30(3,4)18-23(33)28(22)27/h8-15,27,31H,6-7,16-18H2,1-5H3,(H,32,34)/t27-/m1/s1. The second kappa shape index (κ2) is 10.6. The maximum Gasteiger partial charge on any atom is 0.254 e. The number of ketones is 1. The number of dihydropyridines is 1. The number of amides is 1. The van der Waals surface area contributed by atoms with Gasteiger partial charge in [0.1, 0.15) is 11.5 Å². The summed E-state index contributed by atoms with van der Waals surface area (Å²) in [7, 11) is 1.57. The highest BCUT2D eigenvalue weighted by molar-refractivity contribution is 6.10. The minimum atomic E-state index is -0.530. The number of nitrogens with one attached hydrogen (secondary N) is 2. The minimum Gasteiger partial charge on any atom is -0.495 e. The molecule has 0 unspecified atom stereocenters. The predicted molar refractivity (Wildman–Crippen MR) is 142 cm³/mol. The number of rotatable bonds is 8. The van der Waals surface area contributed by atoms with Crippen LogP contribution in [0.15, 0.2) is 71.1 Å². The molecule has 0 radical (unpaired) electrons. The third-order valence-corrected chi connectivity index (χ3v) is 6.82. The van der Waals surface area contributed by atoms with E-state index in [1.807, 2.05) is 43.3 Å². The van der Waals surface area contributed by atoms with E-state index >= 15 is 0 Å². The van der Waals surface area contributed by atoms with Gasteiger partial charge in [-0.05, 0) is 43.4 Å². The number of ether oxygens (including phenoxy) is 2. The number of methoxy groups -OCH3 is 1. The van der Waals surface area contributed by atoms with Crippen molar-refractivity contribution in [3.8, 4) is 11.5 Å². The highest BCUT2D eigenvalue weighted by atomic mass is 16.5. The number of allylic oxidation sites excluding steroid dienone is 3. The van der Waals surface area contributed by atoms with Crippen molar-refractivity contribution < 1.29 is 19.1 Å². The van der Waals surface area contributed by atoms with Crippen LogP contribution < -0.4 is 20.1 Å². The molecule has 2 aromatic rings. The summed E-state index contributed by atoms with van der Waals surface area (Å²) in [6, 6.07) is 15.1. The molecule has 1 aliphatic heterocycles. The molecule has 1 amide bonds. The summed E-state index contributed by atoms with van der Waals surface area (Å²) in [5.41, 5.74) is 4.07. The van der Waals surface area contributed by atoms with Gasteiger partial charge < -0.3 is 20.1 Å². The molecule has 190 valence electrons. The molecule has 2 aromatic carbocycles. The van der Waals surface area contributed by atoms with Crippen LogP contribution in [0.1, 0.15) is 64.9 Å². The summed E-state index contributed by atoms with van der Waals surface area (Å²) >= 11 is 0. The Morgan fingerprint density at radius 2 is 1.78 bits per heavy atom. The van der Waals surface area contributed by atoms with Crippen molar-refractivity contribution in [2.75, 3.05) is 19.0 Å². The number of carbonyl (C=O) groups is 2. The number of Topliss-reactive ketones (excluding diaryl/α,β-unsaturated/α-hetero) is 1. The first-order valence-electron chi connectivity index (χ1n) is 12.7. The third-order valence-electron chi connectivity index (χ3n) is 6.82. The van der Waals surface area contributed by atoms with Crippen LogP contribution in [0.2, 0.25) is 0 Å². The predicted octanol–water partition coefficient (Wildman–Crippen LogP) is 6.12. The van der Waals surface area contributed by atoms with Crippen LogP contribution in [0.4, 0.5) is 5.69 Å². The Morgan fingerprint density at radius 3 is 2.50 bits per heavy atom. The highest BCUT2D eigenvalue weighted by Crippen LogP contribution is 2.48. The molecule has 2 N–H and O–H groups in total. The van der Waals surface area contributed by atoms with Gasteiger partial charge in [0.05, 0.1) is 25.3 Å². The van der Waals surface area contributed by atoms with Crippen LogP contribution in [0.5, 0.6) is 11.5 Å². The zero-order chi connectivity index (χ0) is 25.9. The molecule has 1 heterocycles. The fourth-order valence-electron chi connectivity index (χ4n) is 5.16. The maximum absolute atomic E-state index is 13.9. The van der Waals surface area contributed by atoms with Gasteiger partial charge in [-0.25, -0.2) is 0 Å². The summed E-state index contributed by atoms with van der Waals surface area (Å²) in [6.45, 7) is 8.82. The van der Waals surface area contributed by atoms with E-state index in [9.17, 15) is 9.59 Å². The fourth-order valence-corrected chi connectivity index (χ4v) is 5.16. The molecule has 1 atom stereocenters. The lowest BCUT2D eigenvalue weighted by molar-refractivity contribution is -0.118. The first-order valence-corrected chi connectivity index (χ1v) is 12.7. The van der Waals surface area contributed by atoms with Gasteiger partial charge in [0.25, 0.3) is 5.91 Å². The Labute approximate surface area is 213 Å². The van der Waals surface area contributed by atoms with E-state index in [1.165, 1.54) is 0 Å². The van der Waals surface area contributed by atoms with Crippen LogP contribution in [-0.4, -0.2) is 25.4 Å². The van der Waals surface area contributed by atoms with Crippen molar-refractivity contribution in [2.24, 2.45) is 5.41 Å². The van der Waals surface area contributed by atoms with Gasteiger partial charge in [-0.2, -0.15) is 0 Å². The SMILES string of the molecule is CCCCOc1ccccc1[C@@H]1C(C(=O)Nc2ccccc2OC)=C(C)NC2=C1C(=O)CC(C)(C)C2. The van der Waals surface area contributed by atoms with Gasteiger partial charge in [0, 0.05) is 34.5 Å². The van der Waals surface area contributed by atoms with Crippen LogP contribution in [0.25, 0.3) is 0 Å². The largest absolute Gasteiger partial charge is 0.495 e. The van der Waals surface area contributed by atoms with Crippen LogP contribution in [0.3, 0.4) is 0 Å². The molecular formula is C30H36N2O4. The molecule has 1 aliphatic carbocycles. The summed E-state index contributed by atoms with van der Waals surface area (Å²) in [6.07, 6.45) is 3.12. The average molecular weight is 489 g/mol. The number of hydrogen-bond donors (Lipinski definition) is 2. The molecule has 36 heavy (non-hydrogen) atoms. The van der Waals surface area contributed by atoms with Gasteiger partial charge in [-0.15, -0.1) is 0 Å². The Hall–Kier alpha value is -3.54. The lowest BCUT2D eigenvalue weighted by Crippen LogP contribution is -2.39. The van der Waals surface area contributed by atoms with E-state index in [0.29, 0.717) is 41.4 Å². The molecular weight excluding hydrogens is 452 g/mol. The first kappa shape index (κ1) is 25.5. The number of benzene rings is 2. The van der Waals surface area contributed by atoms with E-state index in [0.717, 1.165) is 36.2 Å². The van der Waals surface area contributed by atoms with Gasteiger partial charge in [-0.3, -0.25) is 9.59 Å². The molecule has 6 heteroatoms. The third kappa shape index (κ3) is 5.18. The second-order valence-corrected chi connectivity index (χ2v) is 10.3. The number of para-hydroxylation sites is 3. The van der Waals surface area contributed by atoms with Gasteiger partial charge in [-0.1, -0.05) is 57.5 Å². The Morgan fingerprint density at radius 1 is 1.08 bits per heavy atom. The number of anilines is 1. The topological polar surface area (TPSA) is 76.7 Å². The van der Waals surface area contributed by atoms with E-state index < -0.39 is 5.92 Å². The first-order chi connectivity index (χ1) is 17.3. The normalized spacial score (nSPS) is 18.9. The van der Waals surface area contributed by atoms with Gasteiger partial charge in [0.15, 0.2) is 5.78 Å². The van der Waals surface area contributed by atoms with Crippen LogP contribution >= 0.6 is 0 Å². The summed E-state index contributed by atoms with van der Waals surface area (Å²) in [5.74, 6) is 0.539. The Kier molecular flexibility index (Phi) is 7.53. The molecule has 0 aromatic heterocycles. The van der Waals surface area contributed by atoms with Crippen molar-refractivity contribution in [1.82, 2.24) is 5.32 Å². The fraction of sp³-hybridized carbons (Fsp3) is 0.400. The van der Waals surface area contributed by atoms with E-state index in [4.69, 9.17) is 9.47 Å². The smallest absolute Gasteiger partial charge is 0.254 e. The molecule has 2 aliphatic rings. The van der Waals surface area contributed by atoms with Crippen molar-refractivity contribution >= 4 is 17.4 Å². The number of carbonyl (C=O) groups excluding carboxylic acids is 2. The maximum atomic E-state index is 13.9. The lowest BCUT2D eigenvalue weighted by atomic mass is 9.68. The lowest BCUT2D eigenvalue weighted by Gasteiger charge is -2.40. The van der Waals surface area contributed by atoms with Crippen LogP contribution in [-0.2, 0) is 9.59 Å². The van der Waals surface area contributed by atoms with Crippen LogP contribution in [0, 0.1) is 5.41 Å². The van der Waals surface area contributed by atoms with Gasteiger partial charge in [0.2, 0.25) is 0 Å². The summed E-state index contributed by atoms with van der Waals surface area (Å²) in [4.78, 5) is 27.5. The molecule has 6 nitrogen and oxygen atoms in total. The highest BCUT2D eigenvalue weighted by Gasteiger charge is 2.43. The zero-order valence-electron chi connectivity index (χ0n) is 21.9. The molecule has 0 fully saturated rings. The second-order valence-electron chi connectivity index (χ2n) is 10.3. The van der Waals surface area contributed by atoms with E-state index in [1.54, 1.807) is 19.2 Å². The molecule has 0 bridgehead atoms. The Bertz CT molecular complexity index is 1220. The van der Waals surface area contributed by atoms with Crippen molar-refractivity contribution in [2.45, 2.75) is 59.3 Å². The van der Waals surface area contributed by atoms with Crippen molar-refractivity contribution in [3.63, 3.8) is 0 Å².